The van der Waals surface area contributed by atoms with Crippen molar-refractivity contribution in [2.45, 2.75) is 50.6 Å². The van der Waals surface area contributed by atoms with Gasteiger partial charge in [-0.25, -0.2) is 9.59 Å². The molecule has 1 unspecified atom stereocenters. The van der Waals surface area contributed by atoms with Crippen LogP contribution in [0.25, 0.3) is 0 Å². The van der Waals surface area contributed by atoms with Crippen LogP contribution in [0.15, 0.2) is 0 Å². The molecule has 0 heterocycles. The fraction of sp³-hybridized carbons (Fsp3) is 0.846. The van der Waals surface area contributed by atoms with E-state index in [1.54, 1.807) is 23.7 Å². The van der Waals surface area contributed by atoms with E-state index in [0.29, 0.717) is 6.42 Å². The number of hydrogen-bond donors (Lipinski definition) is 2. The van der Waals surface area contributed by atoms with Gasteiger partial charge in [-0.2, -0.15) is 11.8 Å². The molecule has 2 N–H and O–H groups in total. The van der Waals surface area contributed by atoms with Gasteiger partial charge in [0, 0.05) is 13.1 Å². The van der Waals surface area contributed by atoms with Gasteiger partial charge in [0.15, 0.2) is 0 Å². The molecular weight excluding hydrogens is 264 g/mol. The number of carboxylic acids is 1. The fourth-order valence-corrected chi connectivity index (χ4v) is 2.85. The Bertz CT molecular complexity index is 306. The summed E-state index contributed by atoms with van der Waals surface area (Å²) in [5, 5.41) is 11.7. The lowest BCUT2D eigenvalue weighted by Gasteiger charge is -2.32. The van der Waals surface area contributed by atoms with Gasteiger partial charge in [0.2, 0.25) is 0 Å². The van der Waals surface area contributed by atoms with Gasteiger partial charge in [-0.05, 0) is 31.3 Å². The molecule has 0 aromatic rings. The Labute approximate surface area is 119 Å². The Morgan fingerprint density at radius 2 is 2.00 bits per heavy atom. The minimum atomic E-state index is -0.959. The molecule has 0 spiro atoms. The second kappa shape index (κ2) is 8.30. The lowest BCUT2D eigenvalue weighted by Crippen LogP contribution is -2.50. The Kier molecular flexibility index (Phi) is 7.05. The van der Waals surface area contributed by atoms with Gasteiger partial charge in [-0.3, -0.25) is 0 Å². The molecule has 1 aliphatic rings. The van der Waals surface area contributed by atoms with Crippen LogP contribution in [0.2, 0.25) is 0 Å². The summed E-state index contributed by atoms with van der Waals surface area (Å²) in [5.74, 6) is -0.232. The summed E-state index contributed by atoms with van der Waals surface area (Å²) in [6.07, 6.45) is 7.96. The van der Waals surface area contributed by atoms with Crippen LogP contribution in [0.4, 0.5) is 4.79 Å². The highest BCUT2D eigenvalue weighted by Gasteiger charge is 2.26. The number of carbonyl (C=O) groups excluding carboxylic acids is 1. The Morgan fingerprint density at radius 3 is 2.53 bits per heavy atom. The third kappa shape index (κ3) is 5.30. The molecule has 2 amide bonds. The minimum Gasteiger partial charge on any atom is -0.480 e. The van der Waals surface area contributed by atoms with Crippen LogP contribution >= 0.6 is 11.8 Å². The van der Waals surface area contributed by atoms with E-state index in [0.717, 1.165) is 31.4 Å². The van der Waals surface area contributed by atoms with Gasteiger partial charge in [-0.15, -0.1) is 0 Å². The highest BCUT2D eigenvalue weighted by atomic mass is 32.2. The Balaban J connectivity index is 2.47. The maximum Gasteiger partial charge on any atom is 0.326 e. The predicted octanol–water partition coefficient (Wildman–Crippen LogP) is 2.17. The highest BCUT2D eigenvalue weighted by molar-refractivity contribution is 7.98. The highest BCUT2D eigenvalue weighted by Crippen LogP contribution is 2.21. The molecule has 0 aromatic heterocycles. The molecular formula is C13H24N2O3S. The van der Waals surface area contributed by atoms with Gasteiger partial charge in [0.05, 0.1) is 0 Å². The van der Waals surface area contributed by atoms with Crippen molar-refractivity contribution in [2.24, 2.45) is 0 Å². The normalized spacial score (nSPS) is 17.8. The first-order chi connectivity index (χ1) is 9.06. The van der Waals surface area contributed by atoms with E-state index in [-0.39, 0.29) is 12.1 Å². The summed E-state index contributed by atoms with van der Waals surface area (Å²) >= 11 is 1.58. The molecule has 1 saturated carbocycles. The van der Waals surface area contributed by atoms with Crippen molar-refractivity contribution >= 4 is 23.8 Å². The minimum absolute atomic E-state index is 0.253. The van der Waals surface area contributed by atoms with Crippen molar-refractivity contribution in [3.63, 3.8) is 0 Å². The summed E-state index contributed by atoms with van der Waals surface area (Å²) in [6, 6.07) is -0.796. The Hall–Kier alpha value is -0.910. The molecule has 6 heteroatoms. The molecule has 1 rings (SSSR count). The molecule has 0 bridgehead atoms. The lowest BCUT2D eigenvalue weighted by atomic mass is 9.95. The average Bonchev–Trinajstić information content (AvgIpc) is 2.43. The largest absolute Gasteiger partial charge is 0.480 e. The van der Waals surface area contributed by atoms with E-state index in [2.05, 4.69) is 5.32 Å². The molecule has 0 aromatic carbocycles. The van der Waals surface area contributed by atoms with Crippen molar-refractivity contribution in [1.82, 2.24) is 10.2 Å². The summed E-state index contributed by atoms with van der Waals surface area (Å²) < 4.78 is 0. The number of nitrogens with zero attached hydrogens (tertiary/aromatic N) is 1. The van der Waals surface area contributed by atoms with Crippen molar-refractivity contribution < 1.29 is 14.7 Å². The summed E-state index contributed by atoms with van der Waals surface area (Å²) in [7, 11) is 1.76. The second-order valence-electron chi connectivity index (χ2n) is 5.02. The van der Waals surface area contributed by atoms with Crippen LogP contribution in [-0.4, -0.2) is 53.1 Å². The zero-order valence-corrected chi connectivity index (χ0v) is 12.5. The van der Waals surface area contributed by atoms with E-state index < -0.39 is 12.0 Å². The number of amides is 2. The van der Waals surface area contributed by atoms with E-state index in [1.807, 2.05) is 6.26 Å². The van der Waals surface area contributed by atoms with Crippen molar-refractivity contribution in [1.29, 1.82) is 0 Å². The quantitative estimate of drug-likeness (QED) is 0.786. The number of carboxylic acid groups (broad SMARTS) is 1. The van der Waals surface area contributed by atoms with Crippen molar-refractivity contribution in [3.05, 3.63) is 0 Å². The zero-order chi connectivity index (χ0) is 14.3. The summed E-state index contributed by atoms with van der Waals surface area (Å²) in [4.78, 5) is 24.8. The van der Waals surface area contributed by atoms with Gasteiger partial charge in [0.1, 0.15) is 6.04 Å². The standard InChI is InChI=1S/C13H24N2O3S/c1-15(10-6-4-3-5-7-10)13(18)14-11(12(16)17)8-9-19-2/h10-11H,3-9H2,1-2H3,(H,14,18)(H,16,17). The van der Waals surface area contributed by atoms with Crippen LogP contribution in [-0.2, 0) is 4.79 Å². The molecule has 110 valence electrons. The number of hydrogen-bond acceptors (Lipinski definition) is 3. The van der Waals surface area contributed by atoms with Crippen LogP contribution < -0.4 is 5.32 Å². The molecule has 5 nitrogen and oxygen atoms in total. The van der Waals surface area contributed by atoms with Gasteiger partial charge in [-0.1, -0.05) is 19.3 Å². The number of thioether (sulfide) groups is 1. The summed E-state index contributed by atoms with van der Waals surface area (Å²) in [5.41, 5.74) is 0. The third-order valence-corrected chi connectivity index (χ3v) is 4.29. The molecule has 0 radical (unpaired) electrons. The molecule has 1 fully saturated rings. The first kappa shape index (κ1) is 16.1. The maximum absolute atomic E-state index is 12.1. The third-order valence-electron chi connectivity index (χ3n) is 3.65. The van der Waals surface area contributed by atoms with Crippen LogP contribution in [0.1, 0.15) is 38.5 Å². The first-order valence-electron chi connectivity index (χ1n) is 6.81. The molecule has 0 aliphatic heterocycles. The van der Waals surface area contributed by atoms with Crippen molar-refractivity contribution in [3.8, 4) is 0 Å². The number of carbonyl (C=O) groups is 2. The van der Waals surface area contributed by atoms with Gasteiger partial charge in [0.25, 0.3) is 0 Å². The van der Waals surface area contributed by atoms with E-state index in [1.165, 1.54) is 6.42 Å². The van der Waals surface area contributed by atoms with E-state index >= 15 is 0 Å². The van der Waals surface area contributed by atoms with Gasteiger partial charge >= 0.3 is 12.0 Å². The number of rotatable bonds is 6. The molecule has 19 heavy (non-hydrogen) atoms. The topological polar surface area (TPSA) is 69.6 Å². The van der Waals surface area contributed by atoms with Crippen LogP contribution in [0.5, 0.6) is 0 Å². The molecule has 1 atom stereocenters. The van der Waals surface area contributed by atoms with Gasteiger partial charge < -0.3 is 15.3 Å². The monoisotopic (exact) mass is 288 g/mol. The maximum atomic E-state index is 12.1. The number of nitrogens with one attached hydrogen (secondary N) is 1. The number of urea groups is 1. The lowest BCUT2D eigenvalue weighted by molar-refractivity contribution is -0.139. The average molecular weight is 288 g/mol. The van der Waals surface area contributed by atoms with Crippen molar-refractivity contribution in [2.75, 3.05) is 19.1 Å². The van der Waals surface area contributed by atoms with Crippen LogP contribution in [0.3, 0.4) is 0 Å². The van der Waals surface area contributed by atoms with Crippen LogP contribution in [0, 0.1) is 0 Å². The fourth-order valence-electron chi connectivity index (χ4n) is 2.38. The summed E-state index contributed by atoms with van der Waals surface area (Å²) in [6.45, 7) is 0. The zero-order valence-electron chi connectivity index (χ0n) is 11.7. The van der Waals surface area contributed by atoms with E-state index in [9.17, 15) is 9.59 Å². The van der Waals surface area contributed by atoms with E-state index in [4.69, 9.17) is 5.11 Å². The Morgan fingerprint density at radius 1 is 1.37 bits per heavy atom. The first-order valence-corrected chi connectivity index (χ1v) is 8.20. The molecule has 0 saturated heterocycles. The predicted molar refractivity (Wildman–Crippen MR) is 77.6 cm³/mol. The second-order valence-corrected chi connectivity index (χ2v) is 6.01. The number of aliphatic carboxylic acids is 1. The smallest absolute Gasteiger partial charge is 0.326 e. The SMILES string of the molecule is CSCCC(NC(=O)N(C)C1CCCCC1)C(=O)O. The molecule has 1 aliphatic carbocycles.